The molecule has 8 heteroatoms. The van der Waals surface area contributed by atoms with Crippen molar-refractivity contribution in [3.8, 4) is 0 Å². The molecule has 1 aromatic rings. The van der Waals surface area contributed by atoms with Gasteiger partial charge in [-0.05, 0) is 13.3 Å². The fourth-order valence-electron chi connectivity index (χ4n) is 1.97. The van der Waals surface area contributed by atoms with Gasteiger partial charge in [0, 0.05) is 6.07 Å². The van der Waals surface area contributed by atoms with E-state index in [1.807, 2.05) is 0 Å². The Hall–Kier alpha value is -1.57. The summed E-state index contributed by atoms with van der Waals surface area (Å²) in [7, 11) is -3.08. The van der Waals surface area contributed by atoms with Gasteiger partial charge in [0.1, 0.15) is 5.69 Å². The molecule has 7 nitrogen and oxygen atoms in total. The van der Waals surface area contributed by atoms with Crippen molar-refractivity contribution in [3.63, 3.8) is 0 Å². The third-order valence-corrected chi connectivity index (χ3v) is 4.57. The number of hydrogen-bond donors (Lipinski definition) is 1. The Bertz CT molecular complexity index is 612. The van der Waals surface area contributed by atoms with Crippen molar-refractivity contribution in [2.45, 2.75) is 19.4 Å². The second kappa shape index (κ2) is 4.60. The lowest BCUT2D eigenvalue weighted by Gasteiger charge is -2.08. The van der Waals surface area contributed by atoms with Crippen LogP contribution in [0.4, 0.5) is 0 Å². The number of esters is 1. The minimum atomic E-state index is -3.08. The van der Waals surface area contributed by atoms with Crippen LogP contribution in [0.5, 0.6) is 0 Å². The zero-order valence-corrected chi connectivity index (χ0v) is 10.7. The smallest absolute Gasteiger partial charge is 0.356 e. The Balaban J connectivity index is 2.26. The summed E-state index contributed by atoms with van der Waals surface area (Å²) in [6.07, 6.45) is 0.380. The van der Waals surface area contributed by atoms with E-state index < -0.39 is 27.4 Å². The number of hydrogen-bond acceptors (Lipinski definition) is 5. The minimum absolute atomic E-state index is 0.0474. The van der Waals surface area contributed by atoms with Crippen LogP contribution >= 0.6 is 0 Å². The molecule has 0 spiro atoms. The van der Waals surface area contributed by atoms with Gasteiger partial charge in [-0.25, -0.2) is 17.9 Å². The van der Waals surface area contributed by atoms with Crippen molar-refractivity contribution < 1.29 is 17.9 Å². The second-order valence-electron chi connectivity index (χ2n) is 4.16. The van der Waals surface area contributed by atoms with Crippen LogP contribution in [0.15, 0.2) is 10.9 Å². The molecule has 2 heterocycles. The van der Waals surface area contributed by atoms with Gasteiger partial charge in [0.2, 0.25) is 0 Å². The summed E-state index contributed by atoms with van der Waals surface area (Å²) < 4.78 is 28.6. The van der Waals surface area contributed by atoms with E-state index in [9.17, 15) is 18.0 Å². The number of H-pyrrole nitrogens is 1. The van der Waals surface area contributed by atoms with Crippen molar-refractivity contribution in [2.24, 2.45) is 0 Å². The standard InChI is InChI=1S/C10H14N2O5S/c1-2-17-10(14)8-5-9(13)12(11-8)7-3-4-18(15,16)6-7/h5,7,11H,2-4,6H2,1H3/t7-/m1/s1. The summed E-state index contributed by atoms with van der Waals surface area (Å²) in [6.45, 7) is 1.88. The number of nitrogens with zero attached hydrogens (tertiary/aromatic N) is 1. The van der Waals surface area contributed by atoms with Crippen LogP contribution in [-0.2, 0) is 14.6 Å². The molecule has 1 N–H and O–H groups in total. The van der Waals surface area contributed by atoms with Gasteiger partial charge in [-0.3, -0.25) is 9.89 Å². The van der Waals surface area contributed by atoms with Crippen LogP contribution < -0.4 is 5.56 Å². The highest BCUT2D eigenvalue weighted by Gasteiger charge is 2.31. The predicted octanol–water partition coefficient (Wildman–Crippen LogP) is -0.287. The zero-order chi connectivity index (χ0) is 13.3. The predicted molar refractivity (Wildman–Crippen MR) is 63.3 cm³/mol. The van der Waals surface area contributed by atoms with Crippen LogP contribution in [0.2, 0.25) is 0 Å². The summed E-state index contributed by atoms with van der Waals surface area (Å²) in [5, 5.41) is 2.61. The molecule has 1 saturated heterocycles. The summed E-state index contributed by atoms with van der Waals surface area (Å²) in [5.41, 5.74) is -0.369. The molecular formula is C10H14N2O5S. The molecule has 0 unspecified atom stereocenters. The van der Waals surface area contributed by atoms with Gasteiger partial charge < -0.3 is 4.74 Å². The van der Waals surface area contributed by atoms with E-state index in [4.69, 9.17) is 4.74 Å². The number of carbonyl (C=O) groups is 1. The molecule has 0 radical (unpaired) electrons. The lowest BCUT2D eigenvalue weighted by Crippen LogP contribution is -2.23. The second-order valence-corrected chi connectivity index (χ2v) is 6.38. The van der Waals surface area contributed by atoms with Crippen LogP contribution in [0.1, 0.15) is 29.9 Å². The SMILES string of the molecule is CCOC(=O)c1cc(=O)n([C@@H]2CCS(=O)(=O)C2)[nH]1. The molecule has 0 saturated carbocycles. The van der Waals surface area contributed by atoms with E-state index in [0.717, 1.165) is 6.07 Å². The Morgan fingerprint density at radius 1 is 1.61 bits per heavy atom. The van der Waals surface area contributed by atoms with Gasteiger partial charge in [-0.2, -0.15) is 0 Å². The first kappa shape index (κ1) is 12.9. The number of nitrogens with one attached hydrogen (secondary N) is 1. The maximum absolute atomic E-state index is 11.7. The van der Waals surface area contributed by atoms with Crippen LogP contribution in [0.25, 0.3) is 0 Å². The van der Waals surface area contributed by atoms with E-state index >= 15 is 0 Å². The van der Waals surface area contributed by atoms with Gasteiger partial charge >= 0.3 is 5.97 Å². The van der Waals surface area contributed by atoms with Gasteiger partial charge in [-0.1, -0.05) is 0 Å². The molecule has 1 aromatic heterocycles. The number of aromatic amines is 1. The van der Waals surface area contributed by atoms with Crippen molar-refractivity contribution in [3.05, 3.63) is 22.1 Å². The third-order valence-electron chi connectivity index (χ3n) is 2.82. The Morgan fingerprint density at radius 2 is 2.33 bits per heavy atom. The summed E-state index contributed by atoms with van der Waals surface area (Å²) in [4.78, 5) is 23.1. The summed E-state index contributed by atoms with van der Waals surface area (Å²) in [5.74, 6) is -0.623. The van der Waals surface area contributed by atoms with Gasteiger partial charge in [0.15, 0.2) is 9.84 Å². The number of sulfone groups is 1. The highest BCUT2D eigenvalue weighted by Crippen LogP contribution is 2.21. The van der Waals surface area contributed by atoms with Gasteiger partial charge in [-0.15, -0.1) is 0 Å². The summed E-state index contributed by atoms with van der Waals surface area (Å²) in [6, 6.07) is 0.703. The molecule has 1 aliphatic rings. The molecule has 0 aromatic carbocycles. The first-order chi connectivity index (χ1) is 8.43. The fraction of sp³-hybridized carbons (Fsp3) is 0.600. The highest BCUT2D eigenvalue weighted by molar-refractivity contribution is 7.91. The van der Waals surface area contributed by atoms with E-state index in [2.05, 4.69) is 5.10 Å². The maximum Gasteiger partial charge on any atom is 0.356 e. The minimum Gasteiger partial charge on any atom is -0.461 e. The molecule has 1 atom stereocenters. The van der Waals surface area contributed by atoms with Gasteiger partial charge in [0.05, 0.1) is 24.2 Å². The Morgan fingerprint density at radius 3 is 2.89 bits per heavy atom. The lowest BCUT2D eigenvalue weighted by atomic mass is 10.3. The van der Waals surface area contributed by atoms with E-state index in [1.54, 1.807) is 6.92 Å². The molecule has 18 heavy (non-hydrogen) atoms. The number of rotatable bonds is 3. The Kier molecular flexibility index (Phi) is 3.29. The van der Waals surface area contributed by atoms with E-state index in [0.29, 0.717) is 6.42 Å². The maximum atomic E-state index is 11.7. The molecule has 0 bridgehead atoms. The first-order valence-corrected chi connectivity index (χ1v) is 7.44. The third kappa shape index (κ3) is 2.47. The van der Waals surface area contributed by atoms with Crippen molar-refractivity contribution in [1.82, 2.24) is 9.78 Å². The van der Waals surface area contributed by atoms with Crippen LogP contribution in [0.3, 0.4) is 0 Å². The molecule has 1 fully saturated rings. The number of ether oxygens (including phenoxy) is 1. The Labute approximate surface area is 104 Å². The van der Waals surface area contributed by atoms with E-state index in [1.165, 1.54) is 4.68 Å². The van der Waals surface area contributed by atoms with Crippen LogP contribution in [0, 0.1) is 0 Å². The van der Waals surface area contributed by atoms with E-state index in [-0.39, 0.29) is 23.8 Å². The number of aromatic nitrogens is 2. The largest absolute Gasteiger partial charge is 0.461 e. The number of carbonyl (C=O) groups excluding carboxylic acids is 1. The molecule has 1 aliphatic heterocycles. The first-order valence-electron chi connectivity index (χ1n) is 5.62. The average molecular weight is 274 g/mol. The van der Waals surface area contributed by atoms with Crippen molar-refractivity contribution >= 4 is 15.8 Å². The molecule has 2 rings (SSSR count). The van der Waals surface area contributed by atoms with Crippen molar-refractivity contribution in [1.29, 1.82) is 0 Å². The molecule has 0 aliphatic carbocycles. The fourth-order valence-corrected chi connectivity index (χ4v) is 3.67. The van der Waals surface area contributed by atoms with Crippen molar-refractivity contribution in [2.75, 3.05) is 18.1 Å². The molecular weight excluding hydrogens is 260 g/mol. The lowest BCUT2D eigenvalue weighted by molar-refractivity contribution is 0.0518. The topological polar surface area (TPSA) is 98.2 Å². The quantitative estimate of drug-likeness (QED) is 0.764. The summed E-state index contributed by atoms with van der Waals surface area (Å²) >= 11 is 0. The normalized spacial score (nSPS) is 21.9. The molecule has 100 valence electrons. The zero-order valence-electron chi connectivity index (χ0n) is 9.88. The highest BCUT2D eigenvalue weighted by atomic mass is 32.2. The monoisotopic (exact) mass is 274 g/mol. The molecule has 0 amide bonds. The van der Waals surface area contributed by atoms with Gasteiger partial charge in [0.25, 0.3) is 5.56 Å². The average Bonchev–Trinajstić information content (AvgIpc) is 2.82. The van der Waals surface area contributed by atoms with Crippen LogP contribution in [-0.4, -0.2) is 42.3 Å².